The molecule has 0 aliphatic carbocycles. The summed E-state index contributed by atoms with van der Waals surface area (Å²) >= 11 is 0. The summed E-state index contributed by atoms with van der Waals surface area (Å²) in [5, 5.41) is 3.34. The molecule has 150 valence electrons. The van der Waals surface area contributed by atoms with E-state index in [1.54, 1.807) is 12.1 Å². The minimum atomic E-state index is -0.625. The summed E-state index contributed by atoms with van der Waals surface area (Å²) in [6.07, 6.45) is 1.90. The smallest absolute Gasteiger partial charge is 0.338 e. The molecule has 0 aliphatic heterocycles. The lowest BCUT2D eigenvalue weighted by Gasteiger charge is -2.12. The van der Waals surface area contributed by atoms with E-state index in [-0.39, 0.29) is 11.1 Å². The van der Waals surface area contributed by atoms with E-state index in [0.717, 1.165) is 22.7 Å². The van der Waals surface area contributed by atoms with Gasteiger partial charge in [0.15, 0.2) is 0 Å². The Bertz CT molecular complexity index is 1230. The van der Waals surface area contributed by atoms with E-state index < -0.39 is 11.9 Å². The maximum atomic E-state index is 12.2. The van der Waals surface area contributed by atoms with E-state index in [2.05, 4.69) is 5.32 Å². The topological polar surface area (TPSA) is 81.9 Å². The lowest BCUT2D eigenvalue weighted by Crippen LogP contribution is -2.12. The number of nitrogens with zero attached hydrogens (tertiary/aromatic N) is 2. The highest BCUT2D eigenvalue weighted by molar-refractivity contribution is 6.04. The molecule has 2 aromatic heterocycles. The van der Waals surface area contributed by atoms with Crippen molar-refractivity contribution >= 4 is 29.1 Å². The third-order valence-electron chi connectivity index (χ3n) is 4.67. The number of nitrogens with one attached hydrogen (secondary N) is 1. The number of rotatable bonds is 5. The molecule has 7 heteroatoms. The summed E-state index contributed by atoms with van der Waals surface area (Å²) < 4.78 is 11.5. The first-order valence-electron chi connectivity index (χ1n) is 9.22. The van der Waals surface area contributed by atoms with E-state index in [1.165, 1.54) is 20.3 Å². The number of methoxy groups -OCH3 is 2. The molecule has 2 heterocycles. The van der Waals surface area contributed by atoms with Crippen LogP contribution in [0.25, 0.3) is 16.9 Å². The summed E-state index contributed by atoms with van der Waals surface area (Å²) in [6, 6.07) is 20.3. The van der Waals surface area contributed by atoms with Crippen LogP contribution in [0, 0.1) is 0 Å². The highest BCUT2D eigenvalue weighted by atomic mass is 16.5. The largest absolute Gasteiger partial charge is 0.465 e. The normalized spacial score (nSPS) is 10.6. The third-order valence-corrected chi connectivity index (χ3v) is 4.67. The fourth-order valence-corrected chi connectivity index (χ4v) is 3.24. The van der Waals surface area contributed by atoms with Gasteiger partial charge in [0.2, 0.25) is 0 Å². The van der Waals surface area contributed by atoms with E-state index >= 15 is 0 Å². The van der Waals surface area contributed by atoms with Crippen molar-refractivity contribution in [2.24, 2.45) is 0 Å². The van der Waals surface area contributed by atoms with Crippen LogP contribution in [0.2, 0.25) is 0 Å². The van der Waals surface area contributed by atoms with Gasteiger partial charge in [-0.05, 0) is 30.3 Å². The predicted molar refractivity (Wildman–Crippen MR) is 113 cm³/mol. The monoisotopic (exact) mass is 401 g/mol. The van der Waals surface area contributed by atoms with Gasteiger partial charge in [0.05, 0.1) is 25.3 Å². The Kier molecular flexibility index (Phi) is 5.17. The molecule has 7 nitrogen and oxygen atoms in total. The molecule has 0 fully saturated rings. The Morgan fingerprint density at radius 2 is 1.57 bits per heavy atom. The van der Waals surface area contributed by atoms with Crippen molar-refractivity contribution in [3.05, 3.63) is 84.1 Å². The number of esters is 2. The van der Waals surface area contributed by atoms with Crippen LogP contribution in [-0.4, -0.2) is 35.5 Å². The molecule has 0 atom stereocenters. The second-order valence-corrected chi connectivity index (χ2v) is 6.47. The maximum absolute atomic E-state index is 12.2. The van der Waals surface area contributed by atoms with Gasteiger partial charge in [-0.25, -0.2) is 14.6 Å². The molecule has 4 aromatic rings. The average Bonchev–Trinajstić information content (AvgIpc) is 3.17. The molecule has 0 amide bonds. The zero-order chi connectivity index (χ0) is 21.1. The fourth-order valence-electron chi connectivity index (χ4n) is 3.24. The predicted octanol–water partition coefficient (Wildman–Crippen LogP) is 4.32. The summed E-state index contributed by atoms with van der Waals surface area (Å²) in [7, 11) is 2.53. The van der Waals surface area contributed by atoms with Gasteiger partial charge in [-0.3, -0.25) is 4.40 Å². The van der Waals surface area contributed by atoms with E-state index in [4.69, 9.17) is 14.5 Å². The van der Waals surface area contributed by atoms with Gasteiger partial charge >= 0.3 is 11.9 Å². The molecule has 0 saturated heterocycles. The molecule has 30 heavy (non-hydrogen) atoms. The molecule has 2 aromatic carbocycles. The summed E-state index contributed by atoms with van der Waals surface area (Å²) in [4.78, 5) is 29.0. The van der Waals surface area contributed by atoms with Crippen LogP contribution in [0.5, 0.6) is 0 Å². The number of anilines is 2. The maximum Gasteiger partial charge on any atom is 0.338 e. The lowest BCUT2D eigenvalue weighted by atomic mass is 10.1. The Labute approximate surface area is 172 Å². The molecular weight excluding hydrogens is 382 g/mol. The molecule has 1 N–H and O–H groups in total. The number of ether oxygens (including phenoxy) is 2. The van der Waals surface area contributed by atoms with Crippen molar-refractivity contribution in [2.45, 2.75) is 0 Å². The van der Waals surface area contributed by atoms with Crippen molar-refractivity contribution in [2.75, 3.05) is 19.5 Å². The van der Waals surface area contributed by atoms with Gasteiger partial charge in [0, 0.05) is 17.4 Å². The van der Waals surface area contributed by atoms with E-state index in [9.17, 15) is 9.59 Å². The zero-order valence-corrected chi connectivity index (χ0v) is 16.5. The number of fused-ring (bicyclic) bond motifs is 1. The van der Waals surface area contributed by atoms with Crippen molar-refractivity contribution in [3.8, 4) is 11.3 Å². The molecule has 0 unspecified atom stereocenters. The van der Waals surface area contributed by atoms with Crippen LogP contribution < -0.4 is 5.32 Å². The molecule has 4 rings (SSSR count). The molecule has 0 saturated carbocycles. The summed E-state index contributed by atoms with van der Waals surface area (Å²) in [6.45, 7) is 0. The standard InChI is InChI=1S/C23H19N3O4/c1-29-22(27)17-12-11-16(14-18(17)23(28)30-2)24-21-20(15-8-4-3-5-9-15)25-19-10-6-7-13-26(19)21/h3-14,24H,1-2H3. The number of aromatic nitrogens is 2. The summed E-state index contributed by atoms with van der Waals surface area (Å²) in [5.74, 6) is -0.499. The van der Waals surface area contributed by atoms with Crippen LogP contribution in [0.4, 0.5) is 11.5 Å². The number of carbonyl (C=O) groups is 2. The number of hydrogen-bond donors (Lipinski definition) is 1. The first-order valence-corrected chi connectivity index (χ1v) is 9.22. The Balaban J connectivity index is 1.83. The van der Waals surface area contributed by atoms with E-state index in [0.29, 0.717) is 5.69 Å². The number of hydrogen-bond acceptors (Lipinski definition) is 6. The average molecular weight is 401 g/mol. The zero-order valence-electron chi connectivity index (χ0n) is 16.5. The second-order valence-electron chi connectivity index (χ2n) is 6.47. The van der Waals surface area contributed by atoms with Gasteiger partial charge in [0.25, 0.3) is 0 Å². The Morgan fingerprint density at radius 3 is 2.30 bits per heavy atom. The highest BCUT2D eigenvalue weighted by Gasteiger charge is 2.20. The van der Waals surface area contributed by atoms with Crippen LogP contribution >= 0.6 is 0 Å². The van der Waals surface area contributed by atoms with Gasteiger partial charge in [-0.1, -0.05) is 36.4 Å². The van der Waals surface area contributed by atoms with Crippen LogP contribution in [0.1, 0.15) is 20.7 Å². The van der Waals surface area contributed by atoms with Crippen molar-refractivity contribution in [1.82, 2.24) is 9.38 Å². The van der Waals surface area contributed by atoms with Crippen molar-refractivity contribution in [1.29, 1.82) is 0 Å². The fraction of sp³-hybridized carbons (Fsp3) is 0.0870. The van der Waals surface area contributed by atoms with Gasteiger partial charge < -0.3 is 14.8 Å². The number of carbonyl (C=O) groups excluding carboxylic acids is 2. The van der Waals surface area contributed by atoms with Gasteiger partial charge in [-0.15, -0.1) is 0 Å². The Morgan fingerprint density at radius 1 is 0.867 bits per heavy atom. The molecular formula is C23H19N3O4. The first-order chi connectivity index (χ1) is 14.6. The minimum absolute atomic E-state index is 0.115. The SMILES string of the molecule is COC(=O)c1ccc(Nc2c(-c3ccccc3)nc3ccccn23)cc1C(=O)OC. The van der Waals surface area contributed by atoms with Crippen LogP contribution in [-0.2, 0) is 9.47 Å². The minimum Gasteiger partial charge on any atom is -0.465 e. The molecule has 0 bridgehead atoms. The molecule has 0 spiro atoms. The Hall–Kier alpha value is -4.13. The number of pyridine rings is 1. The van der Waals surface area contributed by atoms with Crippen LogP contribution in [0.3, 0.4) is 0 Å². The number of imidazole rings is 1. The van der Waals surface area contributed by atoms with Gasteiger partial charge in [-0.2, -0.15) is 0 Å². The third kappa shape index (κ3) is 3.48. The van der Waals surface area contributed by atoms with Crippen molar-refractivity contribution < 1.29 is 19.1 Å². The van der Waals surface area contributed by atoms with Gasteiger partial charge in [0.1, 0.15) is 17.2 Å². The van der Waals surface area contributed by atoms with E-state index in [1.807, 2.05) is 59.1 Å². The number of benzene rings is 2. The quantitative estimate of drug-likeness (QED) is 0.502. The van der Waals surface area contributed by atoms with Crippen molar-refractivity contribution in [3.63, 3.8) is 0 Å². The molecule has 0 aliphatic rings. The lowest BCUT2D eigenvalue weighted by molar-refractivity contribution is 0.0555. The second kappa shape index (κ2) is 8.08. The first kappa shape index (κ1) is 19.2. The highest BCUT2D eigenvalue weighted by Crippen LogP contribution is 2.31. The van der Waals surface area contributed by atoms with Crippen LogP contribution in [0.15, 0.2) is 72.9 Å². The molecule has 0 radical (unpaired) electrons. The summed E-state index contributed by atoms with van der Waals surface area (Å²) in [5.41, 5.74) is 3.34.